The Labute approximate surface area is 170 Å². The number of nitrogens with zero attached hydrogens (tertiary/aromatic N) is 3. The van der Waals surface area contributed by atoms with E-state index < -0.39 is 11.6 Å². The van der Waals surface area contributed by atoms with Crippen molar-refractivity contribution in [3.05, 3.63) is 70.5 Å². The highest BCUT2D eigenvalue weighted by molar-refractivity contribution is 6.31. The van der Waals surface area contributed by atoms with E-state index in [0.717, 1.165) is 0 Å². The largest absolute Gasteiger partial charge is 0.454 e. The molecule has 1 aliphatic heterocycles. The summed E-state index contributed by atoms with van der Waals surface area (Å²) in [6.07, 6.45) is 2.90. The lowest BCUT2D eigenvalue weighted by molar-refractivity contribution is -0.186. The molecule has 1 aliphatic rings. The molecule has 6 nitrogen and oxygen atoms in total. The number of ether oxygens (including phenoxy) is 3. The average Bonchev–Trinajstić information content (AvgIpc) is 3.28. The minimum atomic E-state index is -1.10. The molecule has 0 saturated carbocycles. The molecular formula is C19H16Cl2FN3O3. The number of aromatic nitrogens is 3. The fraction of sp³-hybridized carbons (Fsp3) is 0.263. The Morgan fingerprint density at radius 3 is 2.79 bits per heavy atom. The van der Waals surface area contributed by atoms with Gasteiger partial charge in [-0.05, 0) is 43.3 Å². The summed E-state index contributed by atoms with van der Waals surface area (Å²) >= 11 is 12.3. The van der Waals surface area contributed by atoms with E-state index in [-0.39, 0.29) is 23.4 Å². The molecule has 3 aromatic rings. The third kappa shape index (κ3) is 3.84. The Kier molecular flexibility index (Phi) is 5.25. The quantitative estimate of drug-likeness (QED) is 0.589. The van der Waals surface area contributed by atoms with E-state index in [1.54, 1.807) is 35.3 Å². The van der Waals surface area contributed by atoms with Gasteiger partial charge in [0, 0.05) is 10.6 Å². The number of halogens is 3. The average molecular weight is 424 g/mol. The van der Waals surface area contributed by atoms with Gasteiger partial charge in [0.2, 0.25) is 5.79 Å². The van der Waals surface area contributed by atoms with Gasteiger partial charge in [-0.2, -0.15) is 5.10 Å². The Bertz CT molecular complexity index is 987. The van der Waals surface area contributed by atoms with E-state index in [4.69, 9.17) is 37.4 Å². The smallest absolute Gasteiger partial charge is 0.217 e. The highest BCUT2D eigenvalue weighted by atomic mass is 35.5. The van der Waals surface area contributed by atoms with Gasteiger partial charge >= 0.3 is 0 Å². The molecule has 1 aromatic heterocycles. The van der Waals surface area contributed by atoms with Crippen LogP contribution < -0.4 is 4.74 Å². The van der Waals surface area contributed by atoms with Crippen molar-refractivity contribution >= 4 is 23.2 Å². The van der Waals surface area contributed by atoms with Crippen LogP contribution in [0.1, 0.15) is 12.5 Å². The van der Waals surface area contributed by atoms with Gasteiger partial charge in [0.05, 0.1) is 17.7 Å². The monoisotopic (exact) mass is 423 g/mol. The molecule has 1 fully saturated rings. The lowest BCUT2D eigenvalue weighted by Crippen LogP contribution is -2.34. The summed E-state index contributed by atoms with van der Waals surface area (Å²) in [5.74, 6) is -1.25. The number of benzene rings is 2. The van der Waals surface area contributed by atoms with E-state index in [2.05, 4.69) is 10.1 Å². The summed E-state index contributed by atoms with van der Waals surface area (Å²) in [6.45, 7) is 2.61. The van der Waals surface area contributed by atoms with E-state index in [1.165, 1.54) is 18.5 Å². The Morgan fingerprint density at radius 1 is 1.29 bits per heavy atom. The van der Waals surface area contributed by atoms with E-state index in [1.807, 2.05) is 6.92 Å². The molecule has 0 radical (unpaired) electrons. The normalized spacial score (nSPS) is 21.8. The van der Waals surface area contributed by atoms with Crippen molar-refractivity contribution in [2.75, 3.05) is 6.61 Å². The standard InChI is InChI=1S/C19H16Cl2FN3O3/c1-12-8-26-19(28-12,9-25-11-23-10-24-25)15-4-3-14(7-16(15)21)27-18-5-2-13(20)6-17(18)22/h2-7,10-12H,8-9H2,1H3. The first-order valence-corrected chi connectivity index (χ1v) is 9.28. The lowest BCUT2D eigenvalue weighted by Gasteiger charge is -2.29. The van der Waals surface area contributed by atoms with Gasteiger partial charge in [-0.1, -0.05) is 23.2 Å². The Hall–Kier alpha value is -2.19. The Balaban J connectivity index is 1.63. The first-order chi connectivity index (χ1) is 13.4. The highest BCUT2D eigenvalue weighted by Crippen LogP contribution is 2.41. The molecule has 9 heteroatoms. The molecule has 146 valence electrons. The van der Waals surface area contributed by atoms with Crippen molar-refractivity contribution in [3.63, 3.8) is 0 Å². The summed E-state index contributed by atoms with van der Waals surface area (Å²) in [4.78, 5) is 3.95. The molecule has 0 aliphatic carbocycles. The maximum absolute atomic E-state index is 14.0. The number of hydrogen-bond donors (Lipinski definition) is 0. The zero-order chi connectivity index (χ0) is 19.7. The zero-order valence-corrected chi connectivity index (χ0v) is 16.3. The van der Waals surface area contributed by atoms with Crippen LogP contribution in [0.5, 0.6) is 11.5 Å². The van der Waals surface area contributed by atoms with E-state index in [0.29, 0.717) is 22.9 Å². The molecule has 0 bridgehead atoms. The molecule has 2 atom stereocenters. The van der Waals surface area contributed by atoms with Gasteiger partial charge < -0.3 is 14.2 Å². The van der Waals surface area contributed by atoms with Crippen molar-refractivity contribution in [1.29, 1.82) is 0 Å². The molecule has 2 aromatic carbocycles. The van der Waals surface area contributed by atoms with Crippen LogP contribution in [0.4, 0.5) is 4.39 Å². The van der Waals surface area contributed by atoms with Gasteiger partial charge in [0.1, 0.15) is 24.9 Å². The van der Waals surface area contributed by atoms with Crippen molar-refractivity contribution in [3.8, 4) is 11.5 Å². The van der Waals surface area contributed by atoms with Gasteiger partial charge in [-0.25, -0.2) is 14.1 Å². The molecule has 4 rings (SSSR count). The first-order valence-electron chi connectivity index (χ1n) is 8.52. The minimum Gasteiger partial charge on any atom is -0.454 e. The summed E-state index contributed by atoms with van der Waals surface area (Å²) in [5.41, 5.74) is 0.623. The summed E-state index contributed by atoms with van der Waals surface area (Å²) < 4.78 is 33.2. The predicted molar refractivity (Wildman–Crippen MR) is 101 cm³/mol. The predicted octanol–water partition coefficient (Wildman–Crippen LogP) is 4.80. The summed E-state index contributed by atoms with van der Waals surface area (Å²) in [7, 11) is 0. The molecule has 0 N–H and O–H groups in total. The van der Waals surface area contributed by atoms with Gasteiger partial charge in [0.25, 0.3) is 0 Å². The molecule has 2 heterocycles. The third-order valence-electron chi connectivity index (χ3n) is 4.25. The van der Waals surface area contributed by atoms with E-state index >= 15 is 0 Å². The van der Waals surface area contributed by atoms with Gasteiger partial charge in [-0.15, -0.1) is 0 Å². The Morgan fingerprint density at radius 2 is 2.14 bits per heavy atom. The van der Waals surface area contributed by atoms with Crippen LogP contribution in [0.3, 0.4) is 0 Å². The van der Waals surface area contributed by atoms with Gasteiger partial charge in [0.15, 0.2) is 11.6 Å². The SMILES string of the molecule is CC1COC(Cn2cncn2)(c2ccc(Oc3ccc(Cl)cc3F)cc2Cl)O1. The van der Waals surface area contributed by atoms with Crippen LogP contribution in [0.2, 0.25) is 10.0 Å². The van der Waals surface area contributed by atoms with E-state index in [9.17, 15) is 4.39 Å². The molecule has 2 unspecified atom stereocenters. The van der Waals surface area contributed by atoms with Crippen LogP contribution in [-0.4, -0.2) is 27.5 Å². The maximum Gasteiger partial charge on any atom is 0.217 e. The molecular weight excluding hydrogens is 408 g/mol. The molecule has 28 heavy (non-hydrogen) atoms. The second-order valence-corrected chi connectivity index (χ2v) is 7.25. The van der Waals surface area contributed by atoms with Crippen molar-refractivity contribution in [1.82, 2.24) is 14.8 Å². The third-order valence-corrected chi connectivity index (χ3v) is 4.80. The topological polar surface area (TPSA) is 58.4 Å². The molecule has 0 amide bonds. The zero-order valence-electron chi connectivity index (χ0n) is 14.8. The van der Waals surface area contributed by atoms with Crippen molar-refractivity contribution < 1.29 is 18.6 Å². The fourth-order valence-electron chi connectivity index (χ4n) is 3.04. The second-order valence-electron chi connectivity index (χ2n) is 6.40. The fourth-order valence-corrected chi connectivity index (χ4v) is 3.51. The van der Waals surface area contributed by atoms with Gasteiger partial charge in [-0.3, -0.25) is 0 Å². The summed E-state index contributed by atoms with van der Waals surface area (Å²) in [6, 6.07) is 9.18. The van der Waals surface area contributed by atoms with Crippen molar-refractivity contribution in [2.45, 2.75) is 25.4 Å². The van der Waals surface area contributed by atoms with Crippen LogP contribution in [0, 0.1) is 5.82 Å². The molecule has 0 spiro atoms. The minimum absolute atomic E-state index is 0.0486. The van der Waals surface area contributed by atoms with Crippen LogP contribution in [0.15, 0.2) is 49.1 Å². The summed E-state index contributed by atoms with van der Waals surface area (Å²) in [5, 5.41) is 4.77. The second kappa shape index (κ2) is 7.67. The number of rotatable bonds is 5. The van der Waals surface area contributed by atoms with Crippen molar-refractivity contribution in [2.24, 2.45) is 0 Å². The lowest BCUT2D eigenvalue weighted by atomic mass is 10.1. The van der Waals surface area contributed by atoms with Crippen LogP contribution in [-0.2, 0) is 21.8 Å². The first kappa shape index (κ1) is 19.1. The van der Waals surface area contributed by atoms with Crippen LogP contribution >= 0.6 is 23.2 Å². The maximum atomic E-state index is 14.0. The van der Waals surface area contributed by atoms with Crippen LogP contribution in [0.25, 0.3) is 0 Å². The number of hydrogen-bond acceptors (Lipinski definition) is 5. The highest BCUT2D eigenvalue weighted by Gasteiger charge is 2.44. The molecule has 1 saturated heterocycles.